The SMILES string of the molecule is CNCCOc1cc2nccc(Oc3c(F)cc(NC(=O)c4cnccc4OCC(F)F)cc3F)c2cc1O. The lowest BCUT2D eigenvalue weighted by Crippen LogP contribution is -2.16. The number of likely N-dealkylation sites (N-methyl/N-ethyl adjacent to an activating group) is 1. The molecule has 0 radical (unpaired) electrons. The van der Waals surface area contributed by atoms with Crippen LogP contribution in [0.3, 0.4) is 0 Å². The Hall–Kier alpha value is -4.65. The van der Waals surface area contributed by atoms with Gasteiger partial charge in [0.1, 0.15) is 24.7 Å². The second-order valence-corrected chi connectivity index (χ2v) is 8.00. The van der Waals surface area contributed by atoms with Crippen molar-refractivity contribution in [2.24, 2.45) is 0 Å². The molecule has 0 bridgehead atoms. The molecule has 13 heteroatoms. The van der Waals surface area contributed by atoms with E-state index in [1.54, 1.807) is 7.05 Å². The molecule has 0 aliphatic heterocycles. The molecule has 2 heterocycles. The molecule has 0 saturated heterocycles. The fraction of sp³-hybridized carbons (Fsp3) is 0.192. The van der Waals surface area contributed by atoms with Gasteiger partial charge >= 0.3 is 0 Å². The summed E-state index contributed by atoms with van der Waals surface area (Å²) in [6.45, 7) is -0.124. The van der Waals surface area contributed by atoms with E-state index in [-0.39, 0.29) is 46.2 Å². The highest BCUT2D eigenvalue weighted by Crippen LogP contribution is 2.38. The van der Waals surface area contributed by atoms with E-state index in [2.05, 4.69) is 20.6 Å². The second-order valence-electron chi connectivity index (χ2n) is 8.00. The third-order valence-electron chi connectivity index (χ3n) is 5.25. The van der Waals surface area contributed by atoms with Gasteiger partial charge in [0.15, 0.2) is 28.9 Å². The molecule has 4 aromatic rings. The minimum absolute atomic E-state index is 0.00263. The van der Waals surface area contributed by atoms with E-state index in [1.165, 1.54) is 36.7 Å². The number of nitrogens with one attached hydrogen (secondary N) is 2. The highest BCUT2D eigenvalue weighted by atomic mass is 19.3. The zero-order valence-corrected chi connectivity index (χ0v) is 20.4. The Morgan fingerprint density at radius 1 is 1.03 bits per heavy atom. The summed E-state index contributed by atoms with van der Waals surface area (Å²) in [5.74, 6) is -4.16. The topological polar surface area (TPSA) is 115 Å². The van der Waals surface area contributed by atoms with Gasteiger partial charge < -0.3 is 30.0 Å². The molecule has 3 N–H and O–H groups in total. The van der Waals surface area contributed by atoms with Gasteiger partial charge in [0.25, 0.3) is 12.3 Å². The lowest BCUT2D eigenvalue weighted by Gasteiger charge is -2.14. The number of fused-ring (bicyclic) bond motifs is 1. The van der Waals surface area contributed by atoms with Crippen LogP contribution in [0.25, 0.3) is 10.9 Å². The van der Waals surface area contributed by atoms with Gasteiger partial charge in [-0.1, -0.05) is 0 Å². The maximum atomic E-state index is 14.9. The summed E-state index contributed by atoms with van der Waals surface area (Å²) in [5.41, 5.74) is -0.140. The van der Waals surface area contributed by atoms with Gasteiger partial charge in [0.2, 0.25) is 0 Å². The van der Waals surface area contributed by atoms with Crippen LogP contribution in [0.15, 0.2) is 55.0 Å². The lowest BCUT2D eigenvalue weighted by molar-refractivity contribution is 0.0802. The van der Waals surface area contributed by atoms with E-state index in [4.69, 9.17) is 14.2 Å². The van der Waals surface area contributed by atoms with Gasteiger partial charge in [0.05, 0.1) is 11.1 Å². The number of halogens is 4. The molecule has 0 aliphatic carbocycles. The summed E-state index contributed by atoms with van der Waals surface area (Å²) in [5, 5.41) is 15.8. The van der Waals surface area contributed by atoms with Gasteiger partial charge in [-0.05, 0) is 25.2 Å². The number of pyridine rings is 2. The minimum atomic E-state index is -2.77. The Labute approximate surface area is 219 Å². The summed E-state index contributed by atoms with van der Waals surface area (Å²) in [6, 6.07) is 6.99. The zero-order valence-electron chi connectivity index (χ0n) is 20.4. The molecular weight excluding hydrogens is 524 g/mol. The molecular formula is C26H22F4N4O5. The number of rotatable bonds is 11. The highest BCUT2D eigenvalue weighted by Gasteiger charge is 2.20. The minimum Gasteiger partial charge on any atom is -0.504 e. The molecule has 1 amide bonds. The first-order valence-corrected chi connectivity index (χ1v) is 11.5. The highest BCUT2D eigenvalue weighted by molar-refractivity contribution is 6.06. The first-order chi connectivity index (χ1) is 18.8. The van der Waals surface area contributed by atoms with Gasteiger partial charge in [-0.3, -0.25) is 14.8 Å². The summed E-state index contributed by atoms with van der Waals surface area (Å²) >= 11 is 0. The van der Waals surface area contributed by atoms with Gasteiger partial charge in [-0.15, -0.1) is 0 Å². The predicted molar refractivity (Wildman–Crippen MR) is 133 cm³/mol. The molecule has 0 unspecified atom stereocenters. The number of alkyl halides is 2. The van der Waals surface area contributed by atoms with E-state index in [0.29, 0.717) is 12.1 Å². The summed E-state index contributed by atoms with van der Waals surface area (Å²) in [4.78, 5) is 20.6. The fourth-order valence-corrected chi connectivity index (χ4v) is 3.47. The molecule has 0 saturated carbocycles. The molecule has 2 aromatic heterocycles. The maximum Gasteiger partial charge on any atom is 0.272 e. The number of phenols is 1. The molecule has 9 nitrogen and oxygen atoms in total. The van der Waals surface area contributed by atoms with Crippen LogP contribution in [0.1, 0.15) is 10.4 Å². The van der Waals surface area contributed by atoms with Crippen LogP contribution >= 0.6 is 0 Å². The number of carbonyl (C=O) groups excluding carboxylic acids is 1. The van der Waals surface area contributed by atoms with Crippen LogP contribution in [-0.4, -0.2) is 54.2 Å². The monoisotopic (exact) mass is 546 g/mol. The molecule has 0 spiro atoms. The van der Waals surface area contributed by atoms with Crippen molar-refractivity contribution < 1.29 is 41.7 Å². The Bertz CT molecular complexity index is 1470. The number of phenolic OH excluding ortho intramolecular Hbond substituents is 1. The number of carbonyl (C=O) groups is 1. The average molecular weight is 546 g/mol. The number of benzene rings is 2. The van der Waals surface area contributed by atoms with Crippen LogP contribution in [-0.2, 0) is 0 Å². The van der Waals surface area contributed by atoms with E-state index >= 15 is 0 Å². The normalized spacial score (nSPS) is 11.0. The van der Waals surface area contributed by atoms with E-state index in [9.17, 15) is 27.5 Å². The van der Waals surface area contributed by atoms with E-state index in [1.807, 2.05) is 0 Å². The largest absolute Gasteiger partial charge is 0.504 e. The predicted octanol–water partition coefficient (Wildman–Crippen LogP) is 4.90. The Kier molecular flexibility index (Phi) is 8.61. The third-order valence-corrected chi connectivity index (χ3v) is 5.25. The van der Waals surface area contributed by atoms with Crippen LogP contribution < -0.4 is 24.8 Å². The summed E-state index contributed by atoms with van der Waals surface area (Å²) < 4.78 is 70.8. The van der Waals surface area contributed by atoms with E-state index < -0.39 is 36.3 Å². The fourth-order valence-electron chi connectivity index (χ4n) is 3.47. The number of anilines is 1. The van der Waals surface area contributed by atoms with Crippen LogP contribution in [0.2, 0.25) is 0 Å². The molecule has 204 valence electrons. The van der Waals surface area contributed by atoms with Crippen LogP contribution in [0.5, 0.6) is 28.7 Å². The number of aromatic nitrogens is 2. The summed E-state index contributed by atoms with van der Waals surface area (Å²) in [6.07, 6.45) is 0.896. The van der Waals surface area contributed by atoms with Crippen LogP contribution in [0.4, 0.5) is 23.2 Å². The average Bonchev–Trinajstić information content (AvgIpc) is 2.90. The van der Waals surface area contributed by atoms with Crippen molar-refractivity contribution >= 4 is 22.5 Å². The second kappa shape index (κ2) is 12.3. The standard InChI is InChI=1S/C26H22F4N4O5/c1-31-6-7-37-23-11-19-15(10-20(23)35)22(3-5-33-19)39-25-17(27)8-14(9-18(25)28)34-26(36)16-12-32-4-2-21(16)38-13-24(29)30/h2-5,8-12,24,31,35H,6-7,13H2,1H3,(H,34,36). The number of amides is 1. The van der Waals surface area contributed by atoms with Crippen molar-refractivity contribution in [3.05, 3.63) is 72.2 Å². The number of hydrogen-bond acceptors (Lipinski definition) is 8. The molecule has 2 aromatic carbocycles. The number of hydrogen-bond donors (Lipinski definition) is 3. The van der Waals surface area contributed by atoms with Crippen LogP contribution in [0, 0.1) is 11.6 Å². The smallest absolute Gasteiger partial charge is 0.272 e. The molecule has 0 fully saturated rings. The first-order valence-electron chi connectivity index (χ1n) is 11.5. The Morgan fingerprint density at radius 3 is 2.49 bits per heavy atom. The maximum absolute atomic E-state index is 14.9. The zero-order chi connectivity index (χ0) is 27.9. The molecule has 0 aliphatic rings. The van der Waals surface area contributed by atoms with Crippen molar-refractivity contribution in [1.82, 2.24) is 15.3 Å². The Morgan fingerprint density at radius 2 is 1.77 bits per heavy atom. The Balaban J connectivity index is 1.55. The molecule has 4 rings (SSSR count). The lowest BCUT2D eigenvalue weighted by atomic mass is 10.1. The number of nitrogens with zero attached hydrogens (tertiary/aromatic N) is 2. The quantitative estimate of drug-likeness (QED) is 0.180. The van der Waals surface area contributed by atoms with Gasteiger partial charge in [-0.2, -0.15) is 0 Å². The molecule has 0 atom stereocenters. The van der Waals surface area contributed by atoms with Crippen molar-refractivity contribution in [3.8, 4) is 28.7 Å². The van der Waals surface area contributed by atoms with Gasteiger partial charge in [0, 0.05) is 54.4 Å². The first kappa shape index (κ1) is 27.4. The third kappa shape index (κ3) is 6.62. The van der Waals surface area contributed by atoms with Crippen molar-refractivity contribution in [2.75, 3.05) is 32.1 Å². The van der Waals surface area contributed by atoms with Crippen molar-refractivity contribution in [2.45, 2.75) is 6.43 Å². The molecule has 39 heavy (non-hydrogen) atoms. The van der Waals surface area contributed by atoms with Crippen molar-refractivity contribution in [3.63, 3.8) is 0 Å². The van der Waals surface area contributed by atoms with Crippen molar-refractivity contribution in [1.29, 1.82) is 0 Å². The summed E-state index contributed by atoms with van der Waals surface area (Å²) in [7, 11) is 1.75. The number of aromatic hydroxyl groups is 1. The van der Waals surface area contributed by atoms with Gasteiger partial charge in [-0.25, -0.2) is 17.6 Å². The number of ether oxygens (including phenoxy) is 3. The van der Waals surface area contributed by atoms with E-state index in [0.717, 1.165) is 18.3 Å².